The Morgan fingerprint density at radius 2 is 1.86 bits per heavy atom. The zero-order valence-electron chi connectivity index (χ0n) is 15.0. The second-order valence-electron chi connectivity index (χ2n) is 6.74. The summed E-state index contributed by atoms with van der Waals surface area (Å²) in [7, 11) is 0. The number of oxazole rings is 1. The van der Waals surface area contributed by atoms with Gasteiger partial charge < -0.3 is 9.32 Å². The van der Waals surface area contributed by atoms with Gasteiger partial charge in [-0.05, 0) is 42.2 Å². The van der Waals surface area contributed by atoms with Crippen LogP contribution in [0.2, 0.25) is 0 Å². The molecule has 3 aromatic rings. The number of aromatic nitrogens is 1. The van der Waals surface area contributed by atoms with Gasteiger partial charge in [-0.25, -0.2) is 4.98 Å². The Bertz CT molecular complexity index is 1010. The third kappa shape index (κ3) is 3.17. The van der Waals surface area contributed by atoms with E-state index in [1.54, 1.807) is 11.8 Å². The maximum atomic E-state index is 13.1. The van der Waals surface area contributed by atoms with Gasteiger partial charge in [0.05, 0.1) is 17.3 Å². The van der Waals surface area contributed by atoms with E-state index in [0.29, 0.717) is 24.2 Å². The molecule has 0 saturated carbocycles. The quantitative estimate of drug-likeness (QED) is 0.636. The van der Waals surface area contributed by atoms with Crippen LogP contribution in [0.5, 0.6) is 0 Å². The smallest absolute Gasteiger partial charge is 0.416 e. The number of aryl methyl sites for hydroxylation is 1. The Morgan fingerprint density at radius 3 is 2.50 bits per heavy atom. The summed E-state index contributed by atoms with van der Waals surface area (Å²) in [5.74, 6) is -0.175. The molecule has 0 spiro atoms. The molecule has 0 saturated heterocycles. The van der Waals surface area contributed by atoms with Crippen LogP contribution in [0.25, 0.3) is 0 Å². The Balaban J connectivity index is 1.79. The number of halogens is 3. The van der Waals surface area contributed by atoms with E-state index in [2.05, 4.69) is 4.98 Å². The van der Waals surface area contributed by atoms with E-state index in [1.165, 1.54) is 18.5 Å². The van der Waals surface area contributed by atoms with Gasteiger partial charge in [-0.15, -0.1) is 0 Å². The highest BCUT2D eigenvalue weighted by Crippen LogP contribution is 2.37. The monoisotopic (exact) mass is 386 g/mol. The lowest BCUT2D eigenvalue weighted by molar-refractivity contribution is -0.137. The molecule has 0 radical (unpaired) electrons. The van der Waals surface area contributed by atoms with E-state index in [4.69, 9.17) is 4.42 Å². The predicted molar refractivity (Wildman–Crippen MR) is 95.7 cm³/mol. The van der Waals surface area contributed by atoms with E-state index in [-0.39, 0.29) is 11.7 Å². The molecule has 2 aromatic carbocycles. The second-order valence-corrected chi connectivity index (χ2v) is 6.74. The van der Waals surface area contributed by atoms with Gasteiger partial charge in [-0.1, -0.05) is 36.4 Å². The standard InChI is InChI=1S/C21H17F3N2O2/c1-13-19(28-12-25-13)20(27)26-11-10-14-4-2-3-5-17(14)18(26)15-6-8-16(9-7-15)21(22,23)24/h2-9,12,18H,10-11H2,1H3. The number of alkyl halides is 3. The highest BCUT2D eigenvalue weighted by atomic mass is 19.4. The van der Waals surface area contributed by atoms with Gasteiger partial charge in [0.25, 0.3) is 5.91 Å². The molecule has 0 fully saturated rings. The first-order valence-electron chi connectivity index (χ1n) is 8.82. The zero-order chi connectivity index (χ0) is 19.9. The molecule has 1 atom stereocenters. The van der Waals surface area contributed by atoms with E-state index >= 15 is 0 Å². The lowest BCUT2D eigenvalue weighted by Crippen LogP contribution is -2.40. The van der Waals surface area contributed by atoms with Gasteiger partial charge in [0.15, 0.2) is 6.39 Å². The molecule has 144 valence electrons. The second kappa shape index (κ2) is 6.82. The van der Waals surface area contributed by atoms with Crippen molar-refractivity contribution < 1.29 is 22.4 Å². The third-order valence-electron chi connectivity index (χ3n) is 5.04. The first-order chi connectivity index (χ1) is 13.4. The van der Waals surface area contributed by atoms with Gasteiger partial charge in [-0.3, -0.25) is 4.79 Å². The van der Waals surface area contributed by atoms with Gasteiger partial charge >= 0.3 is 6.18 Å². The van der Waals surface area contributed by atoms with Gasteiger partial charge in [0, 0.05) is 6.54 Å². The zero-order valence-corrected chi connectivity index (χ0v) is 15.0. The molecule has 1 amide bonds. The molecule has 1 unspecified atom stereocenters. The number of amides is 1. The van der Waals surface area contributed by atoms with Crippen molar-refractivity contribution in [3.8, 4) is 0 Å². The Kier molecular flexibility index (Phi) is 4.45. The molecule has 2 heterocycles. The SMILES string of the molecule is Cc1ncoc1C(=O)N1CCc2ccccc2C1c1ccc(C(F)(F)F)cc1. The van der Waals surface area contributed by atoms with Crippen LogP contribution in [0.3, 0.4) is 0 Å². The molecular weight excluding hydrogens is 369 g/mol. The maximum Gasteiger partial charge on any atom is 0.416 e. The number of carbonyl (C=O) groups excluding carboxylic acids is 1. The van der Waals surface area contributed by atoms with Crippen LogP contribution < -0.4 is 0 Å². The lowest BCUT2D eigenvalue weighted by atomic mass is 9.87. The molecule has 7 heteroatoms. The van der Waals surface area contributed by atoms with Crippen molar-refractivity contribution in [2.24, 2.45) is 0 Å². The highest BCUT2D eigenvalue weighted by molar-refractivity contribution is 5.93. The average Bonchev–Trinajstić information content (AvgIpc) is 3.12. The van der Waals surface area contributed by atoms with Crippen molar-refractivity contribution in [2.45, 2.75) is 25.6 Å². The van der Waals surface area contributed by atoms with Crippen LogP contribution >= 0.6 is 0 Å². The molecule has 0 N–H and O–H groups in total. The van der Waals surface area contributed by atoms with E-state index in [9.17, 15) is 18.0 Å². The summed E-state index contributed by atoms with van der Waals surface area (Å²) in [5.41, 5.74) is 2.36. The summed E-state index contributed by atoms with van der Waals surface area (Å²) in [4.78, 5) is 18.7. The van der Waals surface area contributed by atoms with E-state index < -0.39 is 17.8 Å². The number of hydrogen-bond acceptors (Lipinski definition) is 3. The van der Waals surface area contributed by atoms with Crippen LogP contribution in [0.4, 0.5) is 13.2 Å². The van der Waals surface area contributed by atoms with Crippen molar-refractivity contribution in [1.29, 1.82) is 0 Å². The maximum absolute atomic E-state index is 13.1. The Labute approximate surface area is 159 Å². The van der Waals surface area contributed by atoms with E-state index in [1.807, 2.05) is 24.3 Å². The van der Waals surface area contributed by atoms with Crippen LogP contribution in [0, 0.1) is 6.92 Å². The largest absolute Gasteiger partial charge is 0.438 e. The van der Waals surface area contributed by atoms with E-state index in [0.717, 1.165) is 23.3 Å². The fraction of sp³-hybridized carbons (Fsp3) is 0.238. The van der Waals surface area contributed by atoms with Crippen LogP contribution in [0.1, 0.15) is 44.5 Å². The van der Waals surface area contributed by atoms with Crippen LogP contribution in [-0.2, 0) is 12.6 Å². The highest BCUT2D eigenvalue weighted by Gasteiger charge is 2.35. The fourth-order valence-corrected chi connectivity index (χ4v) is 3.64. The predicted octanol–water partition coefficient (Wildman–Crippen LogP) is 4.79. The Hall–Kier alpha value is -3.09. The van der Waals surface area contributed by atoms with Gasteiger partial charge in [0.1, 0.15) is 0 Å². The van der Waals surface area contributed by atoms with Crippen molar-refractivity contribution >= 4 is 5.91 Å². The molecule has 4 rings (SSSR count). The minimum absolute atomic E-state index is 0.149. The van der Waals surface area contributed by atoms with Crippen LogP contribution in [-0.4, -0.2) is 22.3 Å². The topological polar surface area (TPSA) is 46.3 Å². The van der Waals surface area contributed by atoms with Crippen molar-refractivity contribution in [3.63, 3.8) is 0 Å². The lowest BCUT2D eigenvalue weighted by Gasteiger charge is -2.37. The molecule has 1 aliphatic rings. The minimum Gasteiger partial charge on any atom is -0.438 e. The van der Waals surface area contributed by atoms with Crippen molar-refractivity contribution in [3.05, 3.63) is 88.6 Å². The summed E-state index contributed by atoms with van der Waals surface area (Å²) in [6, 6.07) is 12.1. The summed E-state index contributed by atoms with van der Waals surface area (Å²) in [5, 5.41) is 0. The summed E-state index contributed by atoms with van der Waals surface area (Å²) < 4.78 is 44.1. The van der Waals surface area contributed by atoms with Crippen LogP contribution in [0.15, 0.2) is 59.3 Å². The minimum atomic E-state index is -4.41. The first kappa shape index (κ1) is 18.3. The number of nitrogens with zero attached hydrogens (tertiary/aromatic N) is 2. The fourth-order valence-electron chi connectivity index (χ4n) is 3.64. The molecule has 28 heavy (non-hydrogen) atoms. The number of hydrogen-bond donors (Lipinski definition) is 0. The number of fused-ring (bicyclic) bond motifs is 1. The molecule has 4 nitrogen and oxygen atoms in total. The molecule has 1 aliphatic heterocycles. The summed E-state index contributed by atoms with van der Waals surface area (Å²) >= 11 is 0. The molecular formula is C21H17F3N2O2. The normalized spacial score (nSPS) is 16.7. The first-order valence-corrected chi connectivity index (χ1v) is 8.82. The average molecular weight is 386 g/mol. The van der Waals surface area contributed by atoms with Gasteiger partial charge in [-0.2, -0.15) is 13.2 Å². The third-order valence-corrected chi connectivity index (χ3v) is 5.04. The number of benzene rings is 2. The Morgan fingerprint density at radius 1 is 1.14 bits per heavy atom. The number of rotatable bonds is 2. The molecule has 0 bridgehead atoms. The summed E-state index contributed by atoms with van der Waals surface area (Å²) in [6.07, 6.45) is -2.53. The van der Waals surface area contributed by atoms with Crippen molar-refractivity contribution in [1.82, 2.24) is 9.88 Å². The van der Waals surface area contributed by atoms with Gasteiger partial charge in [0.2, 0.25) is 5.76 Å². The van der Waals surface area contributed by atoms with Crippen molar-refractivity contribution in [2.75, 3.05) is 6.54 Å². The molecule has 1 aromatic heterocycles. The summed E-state index contributed by atoms with van der Waals surface area (Å²) in [6.45, 7) is 2.11. The molecule has 0 aliphatic carbocycles. The number of carbonyl (C=O) groups is 1.